The Kier molecular flexibility index (Phi) is 4.65. The summed E-state index contributed by atoms with van der Waals surface area (Å²) in [6.45, 7) is 0. The molecule has 1 aliphatic rings. The van der Waals surface area contributed by atoms with Crippen LogP contribution < -0.4 is 10.7 Å². The largest absolute Gasteiger partial charge is 0.481 e. The molecule has 7 heteroatoms. The second-order valence-corrected chi connectivity index (χ2v) is 4.60. The van der Waals surface area contributed by atoms with Crippen LogP contribution in [0.15, 0.2) is 29.4 Å². The zero-order valence-electron chi connectivity index (χ0n) is 11.3. The number of hydrogen-bond acceptors (Lipinski definition) is 4. The number of carbonyl (C=O) groups excluding carboxylic acids is 2. The van der Waals surface area contributed by atoms with E-state index in [2.05, 4.69) is 15.8 Å². The summed E-state index contributed by atoms with van der Waals surface area (Å²) in [5.41, 5.74) is 3.82. The molecular formula is C14H15N3O4. The summed E-state index contributed by atoms with van der Waals surface area (Å²) in [6.07, 6.45) is 0.834. The molecule has 0 atom stereocenters. The molecule has 3 N–H and O–H groups in total. The molecule has 0 aliphatic carbocycles. The maximum Gasteiger partial charge on any atom is 0.303 e. The molecule has 1 aromatic rings. The van der Waals surface area contributed by atoms with E-state index in [4.69, 9.17) is 5.11 Å². The maximum absolute atomic E-state index is 12.1. The van der Waals surface area contributed by atoms with E-state index >= 15 is 0 Å². The van der Waals surface area contributed by atoms with Crippen molar-refractivity contribution in [1.29, 1.82) is 0 Å². The first-order chi connectivity index (χ1) is 10.1. The topological polar surface area (TPSA) is 108 Å². The quantitative estimate of drug-likeness (QED) is 0.748. The third-order valence-corrected chi connectivity index (χ3v) is 3.04. The summed E-state index contributed by atoms with van der Waals surface area (Å²) in [5.74, 6) is -1.50. The monoisotopic (exact) mass is 289 g/mol. The zero-order chi connectivity index (χ0) is 15.2. The Morgan fingerprint density at radius 1 is 1.29 bits per heavy atom. The number of carbonyl (C=O) groups is 3. The summed E-state index contributed by atoms with van der Waals surface area (Å²) in [7, 11) is 0. The Morgan fingerprint density at radius 2 is 2.05 bits per heavy atom. The Labute approximate surface area is 121 Å². The third-order valence-electron chi connectivity index (χ3n) is 3.04. The molecule has 0 unspecified atom stereocenters. The Bertz CT molecular complexity index is 610. The minimum Gasteiger partial charge on any atom is -0.481 e. The molecule has 7 nitrogen and oxygen atoms in total. The lowest BCUT2D eigenvalue weighted by Gasteiger charge is -2.14. The van der Waals surface area contributed by atoms with Crippen molar-refractivity contribution in [2.24, 2.45) is 5.10 Å². The molecule has 1 heterocycles. The highest BCUT2D eigenvalue weighted by Crippen LogP contribution is 2.17. The van der Waals surface area contributed by atoms with Crippen LogP contribution in [0.25, 0.3) is 0 Å². The fraction of sp³-hybridized carbons (Fsp3) is 0.286. The van der Waals surface area contributed by atoms with Gasteiger partial charge in [0, 0.05) is 24.9 Å². The third kappa shape index (κ3) is 4.13. The average Bonchev–Trinajstić information content (AvgIpc) is 2.47. The van der Waals surface area contributed by atoms with Crippen LogP contribution in [0.2, 0.25) is 0 Å². The maximum atomic E-state index is 12.1. The van der Waals surface area contributed by atoms with Crippen molar-refractivity contribution in [3.8, 4) is 0 Å². The predicted molar refractivity (Wildman–Crippen MR) is 75.8 cm³/mol. The van der Waals surface area contributed by atoms with Crippen molar-refractivity contribution in [3.05, 3.63) is 29.8 Å². The van der Waals surface area contributed by atoms with E-state index in [1.54, 1.807) is 24.3 Å². The Morgan fingerprint density at radius 3 is 2.71 bits per heavy atom. The molecule has 0 fully saturated rings. The van der Waals surface area contributed by atoms with Gasteiger partial charge in [0.15, 0.2) is 0 Å². The predicted octanol–water partition coefficient (Wildman–Crippen LogP) is 0.908. The minimum atomic E-state index is -0.893. The molecule has 0 radical (unpaired) electrons. The van der Waals surface area contributed by atoms with Crippen LogP contribution in [0.1, 0.15) is 24.8 Å². The van der Waals surface area contributed by atoms with Gasteiger partial charge in [0.05, 0.1) is 0 Å². The number of nitrogens with zero attached hydrogens (tertiary/aromatic N) is 1. The van der Waals surface area contributed by atoms with Gasteiger partial charge in [-0.1, -0.05) is 18.2 Å². The van der Waals surface area contributed by atoms with Crippen LogP contribution in [-0.2, 0) is 20.8 Å². The standard InChI is InChI=1S/C14H15N3O4/c18-12-7-6-11(16-17-12)14(21)15-10-4-2-1-3-9(10)5-8-13(19)20/h1-4H,5-8H2,(H,15,21)(H,17,18)(H,19,20). The smallest absolute Gasteiger partial charge is 0.303 e. The SMILES string of the molecule is O=C(O)CCc1ccccc1NC(=O)C1=NNC(=O)CC1. The molecule has 2 rings (SSSR count). The summed E-state index contributed by atoms with van der Waals surface area (Å²) in [5, 5.41) is 15.2. The van der Waals surface area contributed by atoms with E-state index < -0.39 is 11.9 Å². The van der Waals surface area contributed by atoms with Gasteiger partial charge in [-0.25, -0.2) is 5.43 Å². The summed E-state index contributed by atoms with van der Waals surface area (Å²) in [6, 6.07) is 7.01. The number of hydrogen-bond donors (Lipinski definition) is 3. The van der Waals surface area contributed by atoms with E-state index in [-0.39, 0.29) is 30.9 Å². The van der Waals surface area contributed by atoms with Gasteiger partial charge in [0.1, 0.15) is 5.71 Å². The van der Waals surface area contributed by atoms with Gasteiger partial charge < -0.3 is 10.4 Å². The van der Waals surface area contributed by atoms with E-state index in [1.165, 1.54) is 0 Å². The molecule has 0 saturated carbocycles. The second kappa shape index (κ2) is 6.65. The summed E-state index contributed by atoms with van der Waals surface area (Å²) >= 11 is 0. The number of hydrazone groups is 1. The first kappa shape index (κ1) is 14.7. The van der Waals surface area contributed by atoms with Gasteiger partial charge in [0.25, 0.3) is 5.91 Å². The van der Waals surface area contributed by atoms with Crippen LogP contribution in [-0.4, -0.2) is 28.6 Å². The second-order valence-electron chi connectivity index (χ2n) is 4.60. The molecule has 1 aromatic carbocycles. The molecule has 0 spiro atoms. The molecule has 0 saturated heterocycles. The number of aliphatic carboxylic acids is 1. The van der Waals surface area contributed by atoms with Crippen molar-refractivity contribution >= 4 is 29.2 Å². The first-order valence-electron chi connectivity index (χ1n) is 6.52. The molecule has 2 amide bonds. The lowest BCUT2D eigenvalue weighted by molar-refractivity contribution is -0.137. The van der Waals surface area contributed by atoms with Crippen LogP contribution in [0.3, 0.4) is 0 Å². The Balaban J connectivity index is 2.07. The van der Waals surface area contributed by atoms with Crippen molar-refractivity contribution in [2.75, 3.05) is 5.32 Å². The first-order valence-corrected chi connectivity index (χ1v) is 6.52. The normalized spacial score (nSPS) is 14.1. The summed E-state index contributed by atoms with van der Waals surface area (Å²) < 4.78 is 0. The van der Waals surface area contributed by atoms with Gasteiger partial charge in [-0.15, -0.1) is 0 Å². The fourth-order valence-corrected chi connectivity index (χ4v) is 1.93. The van der Waals surface area contributed by atoms with Crippen LogP contribution in [0, 0.1) is 0 Å². The number of aryl methyl sites for hydroxylation is 1. The molecule has 0 aromatic heterocycles. The van der Waals surface area contributed by atoms with E-state index in [9.17, 15) is 14.4 Å². The highest BCUT2D eigenvalue weighted by atomic mass is 16.4. The van der Waals surface area contributed by atoms with Crippen molar-refractivity contribution in [1.82, 2.24) is 5.43 Å². The minimum absolute atomic E-state index is 0.0100. The van der Waals surface area contributed by atoms with Crippen LogP contribution >= 0.6 is 0 Å². The lowest BCUT2D eigenvalue weighted by atomic mass is 10.1. The van der Waals surface area contributed by atoms with Crippen LogP contribution in [0.5, 0.6) is 0 Å². The number of amides is 2. The highest BCUT2D eigenvalue weighted by Gasteiger charge is 2.19. The number of nitrogens with one attached hydrogen (secondary N) is 2. The average molecular weight is 289 g/mol. The lowest BCUT2D eigenvalue weighted by Crippen LogP contribution is -2.33. The van der Waals surface area contributed by atoms with E-state index in [1.807, 2.05) is 0 Å². The van der Waals surface area contributed by atoms with Gasteiger partial charge >= 0.3 is 5.97 Å². The number of para-hydroxylation sites is 1. The van der Waals surface area contributed by atoms with E-state index in [0.29, 0.717) is 12.1 Å². The number of anilines is 1. The van der Waals surface area contributed by atoms with Crippen molar-refractivity contribution < 1.29 is 19.5 Å². The fourth-order valence-electron chi connectivity index (χ4n) is 1.93. The van der Waals surface area contributed by atoms with Gasteiger partial charge in [-0.05, 0) is 18.1 Å². The highest BCUT2D eigenvalue weighted by molar-refractivity contribution is 6.43. The number of rotatable bonds is 5. The summed E-state index contributed by atoms with van der Waals surface area (Å²) in [4.78, 5) is 33.7. The molecule has 1 aliphatic heterocycles. The molecule has 21 heavy (non-hydrogen) atoms. The van der Waals surface area contributed by atoms with Gasteiger partial charge in [-0.3, -0.25) is 14.4 Å². The molecule has 110 valence electrons. The number of carboxylic acid groups (broad SMARTS) is 1. The van der Waals surface area contributed by atoms with E-state index in [0.717, 1.165) is 5.56 Å². The zero-order valence-corrected chi connectivity index (χ0v) is 11.3. The van der Waals surface area contributed by atoms with Crippen molar-refractivity contribution in [2.45, 2.75) is 25.7 Å². The van der Waals surface area contributed by atoms with Gasteiger partial charge in [0.2, 0.25) is 5.91 Å². The number of carboxylic acids is 1. The molecular weight excluding hydrogens is 274 g/mol. The van der Waals surface area contributed by atoms with Crippen LogP contribution in [0.4, 0.5) is 5.69 Å². The van der Waals surface area contributed by atoms with Crippen molar-refractivity contribution in [3.63, 3.8) is 0 Å². The Hall–Kier alpha value is -2.70. The van der Waals surface area contributed by atoms with Gasteiger partial charge in [-0.2, -0.15) is 5.10 Å². The molecule has 0 bridgehead atoms. The number of benzene rings is 1.